The second-order valence-corrected chi connectivity index (χ2v) is 6.98. The van der Waals surface area contributed by atoms with E-state index in [2.05, 4.69) is 12.2 Å². The Hall–Kier alpha value is -1.30. The number of hydrogen-bond donors (Lipinski definition) is 1. The molecule has 1 aromatic rings. The smallest absolute Gasteiger partial charge is 0.256 e. The molecule has 2 atom stereocenters. The molecule has 1 aliphatic carbocycles. The molecule has 0 aliphatic heterocycles. The SMILES string of the molecule is CCO[C@]1(C(=O)Nc2ccc(OCCOC)c(Cl)c2)CCC[C@@H](C)C1. The Morgan fingerprint density at radius 3 is 2.84 bits per heavy atom. The minimum atomic E-state index is -0.744. The highest BCUT2D eigenvalue weighted by atomic mass is 35.5. The van der Waals surface area contributed by atoms with E-state index in [1.807, 2.05) is 6.92 Å². The van der Waals surface area contributed by atoms with Crippen LogP contribution in [0.3, 0.4) is 0 Å². The molecule has 1 aromatic carbocycles. The van der Waals surface area contributed by atoms with Crippen molar-refractivity contribution in [3.05, 3.63) is 23.2 Å². The van der Waals surface area contributed by atoms with Gasteiger partial charge in [-0.25, -0.2) is 0 Å². The van der Waals surface area contributed by atoms with Gasteiger partial charge in [-0.2, -0.15) is 0 Å². The summed E-state index contributed by atoms with van der Waals surface area (Å²) in [4.78, 5) is 12.9. The molecule has 6 heteroatoms. The van der Waals surface area contributed by atoms with Crippen LogP contribution in [0.4, 0.5) is 5.69 Å². The van der Waals surface area contributed by atoms with Crippen LogP contribution in [-0.2, 0) is 14.3 Å². The Bertz CT molecular complexity index is 577. The standard InChI is InChI=1S/C19H28ClNO4/c1-4-25-19(9-5-6-14(2)13-19)18(22)21-15-7-8-17(16(20)12-15)24-11-10-23-3/h7-8,12,14H,4-6,9-11,13H2,1-3H3,(H,21,22)/t14-,19-/m1/s1. The number of carbonyl (C=O) groups is 1. The van der Waals surface area contributed by atoms with Crippen molar-refractivity contribution in [2.75, 3.05) is 32.2 Å². The van der Waals surface area contributed by atoms with Gasteiger partial charge in [-0.3, -0.25) is 4.79 Å². The fraction of sp³-hybridized carbons (Fsp3) is 0.632. The normalized spacial score (nSPS) is 23.3. The van der Waals surface area contributed by atoms with Crippen molar-refractivity contribution in [3.8, 4) is 5.75 Å². The van der Waals surface area contributed by atoms with Gasteiger partial charge in [-0.1, -0.05) is 24.9 Å². The summed E-state index contributed by atoms with van der Waals surface area (Å²) >= 11 is 6.25. The lowest BCUT2D eigenvalue weighted by Crippen LogP contribution is -2.48. The number of ether oxygens (including phenoxy) is 3. The molecule has 0 heterocycles. The van der Waals surface area contributed by atoms with Crippen molar-refractivity contribution in [2.24, 2.45) is 5.92 Å². The molecule has 1 amide bonds. The third-order valence-electron chi connectivity index (χ3n) is 4.52. The lowest BCUT2D eigenvalue weighted by atomic mass is 9.78. The van der Waals surface area contributed by atoms with Crippen LogP contribution in [0.15, 0.2) is 18.2 Å². The lowest BCUT2D eigenvalue weighted by molar-refractivity contribution is -0.147. The summed E-state index contributed by atoms with van der Waals surface area (Å²) in [7, 11) is 1.62. The van der Waals surface area contributed by atoms with Crippen LogP contribution in [-0.4, -0.2) is 38.4 Å². The molecule has 0 unspecified atom stereocenters. The number of amides is 1. The van der Waals surface area contributed by atoms with E-state index >= 15 is 0 Å². The minimum absolute atomic E-state index is 0.0926. The Balaban J connectivity index is 2.06. The highest BCUT2D eigenvalue weighted by molar-refractivity contribution is 6.32. The average Bonchev–Trinajstić information content (AvgIpc) is 2.57. The number of rotatable bonds is 8. The molecular weight excluding hydrogens is 342 g/mol. The summed E-state index contributed by atoms with van der Waals surface area (Å²) in [6.45, 7) is 5.53. The van der Waals surface area contributed by atoms with Crippen molar-refractivity contribution in [1.29, 1.82) is 0 Å². The zero-order chi connectivity index (χ0) is 18.3. The molecule has 0 spiro atoms. The minimum Gasteiger partial charge on any atom is -0.490 e. The largest absolute Gasteiger partial charge is 0.490 e. The first-order valence-electron chi connectivity index (χ1n) is 8.87. The summed E-state index contributed by atoms with van der Waals surface area (Å²) < 4.78 is 16.4. The zero-order valence-corrected chi connectivity index (χ0v) is 16.0. The van der Waals surface area contributed by atoms with Gasteiger partial charge < -0.3 is 19.5 Å². The average molecular weight is 370 g/mol. The van der Waals surface area contributed by atoms with Crippen molar-refractivity contribution < 1.29 is 19.0 Å². The molecule has 140 valence electrons. The third-order valence-corrected chi connectivity index (χ3v) is 4.82. The van der Waals surface area contributed by atoms with E-state index in [-0.39, 0.29) is 5.91 Å². The number of carbonyl (C=O) groups excluding carboxylic acids is 1. The van der Waals surface area contributed by atoms with Crippen LogP contribution in [0.1, 0.15) is 39.5 Å². The Kier molecular flexibility index (Phi) is 7.54. The van der Waals surface area contributed by atoms with E-state index in [1.54, 1.807) is 25.3 Å². The lowest BCUT2D eigenvalue weighted by Gasteiger charge is -2.38. The van der Waals surface area contributed by atoms with Crippen molar-refractivity contribution >= 4 is 23.2 Å². The zero-order valence-electron chi connectivity index (χ0n) is 15.3. The molecule has 5 nitrogen and oxygen atoms in total. The third kappa shape index (κ3) is 5.33. The van der Waals surface area contributed by atoms with Gasteiger partial charge in [0.05, 0.1) is 11.6 Å². The van der Waals surface area contributed by atoms with E-state index < -0.39 is 5.60 Å². The van der Waals surface area contributed by atoms with Crippen molar-refractivity contribution in [2.45, 2.75) is 45.1 Å². The second-order valence-electron chi connectivity index (χ2n) is 6.57. The molecule has 25 heavy (non-hydrogen) atoms. The molecule has 1 fully saturated rings. The van der Waals surface area contributed by atoms with Crippen molar-refractivity contribution in [3.63, 3.8) is 0 Å². The molecular formula is C19H28ClNO4. The van der Waals surface area contributed by atoms with Gasteiger partial charge in [0.15, 0.2) is 0 Å². The maximum Gasteiger partial charge on any atom is 0.256 e. The fourth-order valence-corrected chi connectivity index (χ4v) is 3.59. The summed E-state index contributed by atoms with van der Waals surface area (Å²) in [6, 6.07) is 5.25. The van der Waals surface area contributed by atoms with E-state index in [0.717, 1.165) is 25.7 Å². The molecule has 1 aliphatic rings. The highest BCUT2D eigenvalue weighted by Crippen LogP contribution is 2.36. The number of halogens is 1. The van der Waals surface area contributed by atoms with E-state index in [9.17, 15) is 4.79 Å². The summed E-state index contributed by atoms with van der Waals surface area (Å²) in [5.74, 6) is 0.957. The first kappa shape index (κ1) is 20.0. The first-order valence-corrected chi connectivity index (χ1v) is 9.25. The highest BCUT2D eigenvalue weighted by Gasteiger charge is 2.42. The molecule has 0 bridgehead atoms. The van der Waals surface area contributed by atoms with Gasteiger partial charge in [0, 0.05) is 19.4 Å². The fourth-order valence-electron chi connectivity index (χ4n) is 3.36. The van der Waals surface area contributed by atoms with Crippen LogP contribution in [0.2, 0.25) is 5.02 Å². The summed E-state index contributed by atoms with van der Waals surface area (Å²) in [5, 5.41) is 3.42. The van der Waals surface area contributed by atoms with E-state index in [4.69, 9.17) is 25.8 Å². The number of benzene rings is 1. The predicted octanol–water partition coefficient (Wildman–Crippen LogP) is 4.29. The van der Waals surface area contributed by atoms with Gasteiger partial charge in [-0.15, -0.1) is 0 Å². The maximum absolute atomic E-state index is 12.9. The van der Waals surface area contributed by atoms with Gasteiger partial charge in [0.25, 0.3) is 5.91 Å². The summed E-state index contributed by atoms with van der Waals surface area (Å²) in [5.41, 5.74) is -0.0987. The number of anilines is 1. The van der Waals surface area contributed by atoms with Gasteiger partial charge in [0.1, 0.15) is 18.0 Å². The molecule has 0 saturated heterocycles. The van der Waals surface area contributed by atoms with Crippen LogP contribution in [0.25, 0.3) is 0 Å². The molecule has 1 N–H and O–H groups in total. The van der Waals surface area contributed by atoms with Crippen LogP contribution in [0.5, 0.6) is 5.75 Å². The molecule has 0 radical (unpaired) electrons. The molecule has 0 aromatic heterocycles. The molecule has 2 rings (SSSR count). The maximum atomic E-state index is 12.9. The predicted molar refractivity (Wildman–Crippen MR) is 99.4 cm³/mol. The number of hydrogen-bond acceptors (Lipinski definition) is 4. The monoisotopic (exact) mass is 369 g/mol. The topological polar surface area (TPSA) is 56.8 Å². The summed E-state index contributed by atoms with van der Waals surface area (Å²) in [6.07, 6.45) is 3.64. The Labute approximate surface area is 155 Å². The number of nitrogens with one attached hydrogen (secondary N) is 1. The van der Waals surface area contributed by atoms with Crippen LogP contribution >= 0.6 is 11.6 Å². The van der Waals surface area contributed by atoms with E-state index in [1.165, 1.54) is 0 Å². The van der Waals surface area contributed by atoms with Crippen LogP contribution in [0, 0.1) is 5.92 Å². The number of methoxy groups -OCH3 is 1. The Morgan fingerprint density at radius 2 is 2.20 bits per heavy atom. The van der Waals surface area contributed by atoms with Gasteiger partial charge >= 0.3 is 0 Å². The van der Waals surface area contributed by atoms with E-state index in [0.29, 0.717) is 42.2 Å². The quantitative estimate of drug-likeness (QED) is 0.694. The second kappa shape index (κ2) is 9.41. The Morgan fingerprint density at radius 1 is 1.40 bits per heavy atom. The van der Waals surface area contributed by atoms with Gasteiger partial charge in [-0.05, 0) is 50.3 Å². The first-order chi connectivity index (χ1) is 12.0. The van der Waals surface area contributed by atoms with Gasteiger partial charge in [0.2, 0.25) is 0 Å². The molecule has 1 saturated carbocycles. The van der Waals surface area contributed by atoms with Crippen molar-refractivity contribution in [1.82, 2.24) is 0 Å². The van der Waals surface area contributed by atoms with Crippen LogP contribution < -0.4 is 10.1 Å².